The Morgan fingerprint density at radius 2 is 2.36 bits per heavy atom. The van der Waals surface area contributed by atoms with Crippen molar-refractivity contribution in [3.05, 3.63) is 12.7 Å². The third-order valence-corrected chi connectivity index (χ3v) is 3.94. The van der Waals surface area contributed by atoms with Gasteiger partial charge in [0.25, 0.3) is 0 Å². The van der Waals surface area contributed by atoms with Gasteiger partial charge in [-0.1, -0.05) is 13.0 Å². The molecule has 2 unspecified atom stereocenters. The van der Waals surface area contributed by atoms with Crippen molar-refractivity contribution in [1.82, 2.24) is 0 Å². The van der Waals surface area contributed by atoms with Crippen LogP contribution in [0, 0.1) is 0 Å². The van der Waals surface area contributed by atoms with Crippen LogP contribution in [0.25, 0.3) is 0 Å². The molecule has 0 aromatic carbocycles. The van der Waals surface area contributed by atoms with Crippen LogP contribution in [0.2, 0.25) is 0 Å². The minimum atomic E-state index is -0.167. The van der Waals surface area contributed by atoms with Gasteiger partial charge < -0.3 is 4.74 Å². The van der Waals surface area contributed by atoms with Gasteiger partial charge in [-0.15, -0.1) is 6.58 Å². The Morgan fingerprint density at radius 3 is 2.93 bits per heavy atom. The third kappa shape index (κ3) is 3.37. The van der Waals surface area contributed by atoms with E-state index in [-0.39, 0.29) is 12.1 Å². The second-order valence-corrected chi connectivity index (χ2v) is 5.42. The maximum Gasteiger partial charge on any atom is 0.302 e. The molecule has 14 heavy (non-hydrogen) atoms. The predicted molar refractivity (Wildman–Crippen MR) is 60.4 cm³/mol. The molecule has 3 atom stereocenters. The van der Waals surface area contributed by atoms with Crippen molar-refractivity contribution in [3.63, 3.8) is 0 Å². The Morgan fingerprint density at radius 1 is 1.64 bits per heavy atom. The van der Waals surface area contributed by atoms with Gasteiger partial charge in [0.15, 0.2) is 0 Å². The van der Waals surface area contributed by atoms with E-state index in [1.165, 1.54) is 6.92 Å². The molecule has 1 aliphatic heterocycles. The average molecular weight is 214 g/mol. The van der Waals surface area contributed by atoms with E-state index in [4.69, 9.17) is 4.74 Å². The van der Waals surface area contributed by atoms with Crippen molar-refractivity contribution >= 4 is 17.7 Å². The van der Waals surface area contributed by atoms with E-state index in [0.717, 1.165) is 19.3 Å². The Labute approximate surface area is 90.1 Å². The highest BCUT2D eigenvalue weighted by Crippen LogP contribution is 2.35. The quantitative estimate of drug-likeness (QED) is 0.534. The molecule has 0 amide bonds. The summed E-state index contributed by atoms with van der Waals surface area (Å²) >= 11 is 1.91. The molecule has 0 spiro atoms. The van der Waals surface area contributed by atoms with Crippen molar-refractivity contribution < 1.29 is 9.53 Å². The molecule has 1 rings (SSSR count). The summed E-state index contributed by atoms with van der Waals surface area (Å²) in [6.07, 6.45) is 5.05. The summed E-state index contributed by atoms with van der Waals surface area (Å²) in [6.45, 7) is 7.45. The molecule has 3 heteroatoms. The number of rotatable bonds is 3. The van der Waals surface area contributed by atoms with E-state index in [1.807, 2.05) is 17.8 Å². The molecule has 0 aromatic heterocycles. The highest BCUT2D eigenvalue weighted by atomic mass is 32.2. The first-order valence-electron chi connectivity index (χ1n) is 5.07. The molecular formula is C11H18O2S. The number of esters is 1. The van der Waals surface area contributed by atoms with Gasteiger partial charge >= 0.3 is 5.97 Å². The van der Waals surface area contributed by atoms with E-state index in [0.29, 0.717) is 10.5 Å². The van der Waals surface area contributed by atoms with E-state index >= 15 is 0 Å². The third-order valence-electron chi connectivity index (χ3n) is 2.40. The zero-order valence-corrected chi connectivity index (χ0v) is 9.68. The van der Waals surface area contributed by atoms with Crippen molar-refractivity contribution in [1.29, 1.82) is 0 Å². The fraction of sp³-hybridized carbons (Fsp3) is 0.727. The smallest absolute Gasteiger partial charge is 0.302 e. The normalized spacial score (nSPS) is 32.3. The summed E-state index contributed by atoms with van der Waals surface area (Å²) in [6, 6.07) is 0. The van der Waals surface area contributed by atoms with Crippen molar-refractivity contribution in [3.8, 4) is 0 Å². The largest absolute Gasteiger partial charge is 0.461 e. The first-order valence-corrected chi connectivity index (χ1v) is 6.01. The number of carbonyl (C=O) groups excluding carboxylic acids is 1. The number of allylic oxidation sites excluding steroid dienone is 1. The van der Waals surface area contributed by atoms with E-state index in [9.17, 15) is 4.79 Å². The maximum atomic E-state index is 10.9. The first kappa shape index (κ1) is 11.6. The molecular weight excluding hydrogens is 196 g/mol. The van der Waals surface area contributed by atoms with Crippen LogP contribution in [0.4, 0.5) is 0 Å². The van der Waals surface area contributed by atoms with Crippen LogP contribution in [-0.4, -0.2) is 22.6 Å². The number of ether oxygens (including phenoxy) is 1. The standard InChI is InChI=1S/C11H18O2S/c1-4-5-11-10(13-9(3)12)7-6-8(2)14-11/h4,8,10-11H,1,5-7H2,2-3H3/t8-,10?,11?/m0/s1. The summed E-state index contributed by atoms with van der Waals surface area (Å²) in [7, 11) is 0. The molecule has 0 aliphatic carbocycles. The van der Waals surface area contributed by atoms with E-state index in [1.54, 1.807) is 0 Å². The lowest BCUT2D eigenvalue weighted by Gasteiger charge is -2.33. The Hall–Kier alpha value is -0.440. The molecule has 80 valence electrons. The molecule has 2 nitrogen and oxygen atoms in total. The van der Waals surface area contributed by atoms with Gasteiger partial charge in [-0.2, -0.15) is 11.8 Å². The molecule has 0 saturated carbocycles. The van der Waals surface area contributed by atoms with Crippen LogP contribution in [-0.2, 0) is 9.53 Å². The van der Waals surface area contributed by atoms with Crippen molar-refractivity contribution in [2.75, 3.05) is 0 Å². The Bertz CT molecular complexity index is 215. The lowest BCUT2D eigenvalue weighted by molar-refractivity contribution is -0.146. The zero-order chi connectivity index (χ0) is 10.6. The molecule has 1 saturated heterocycles. The number of hydrogen-bond donors (Lipinski definition) is 0. The van der Waals surface area contributed by atoms with Gasteiger partial charge in [0.2, 0.25) is 0 Å². The minimum absolute atomic E-state index is 0.0895. The molecule has 1 aliphatic rings. The number of hydrogen-bond acceptors (Lipinski definition) is 3. The van der Waals surface area contributed by atoms with Gasteiger partial charge in [0.1, 0.15) is 6.10 Å². The molecule has 0 bridgehead atoms. The zero-order valence-electron chi connectivity index (χ0n) is 8.86. The summed E-state index contributed by atoms with van der Waals surface area (Å²) in [5, 5.41) is 1.08. The van der Waals surface area contributed by atoms with Crippen LogP contribution >= 0.6 is 11.8 Å². The minimum Gasteiger partial charge on any atom is -0.461 e. The van der Waals surface area contributed by atoms with Crippen LogP contribution in [0.5, 0.6) is 0 Å². The first-order chi connectivity index (χ1) is 6.63. The van der Waals surface area contributed by atoms with Gasteiger partial charge in [0.05, 0.1) is 0 Å². The summed E-state index contributed by atoms with van der Waals surface area (Å²) in [4.78, 5) is 10.9. The Balaban J connectivity index is 2.52. The van der Waals surface area contributed by atoms with E-state index < -0.39 is 0 Å². The summed E-state index contributed by atoms with van der Waals surface area (Å²) < 4.78 is 5.30. The summed E-state index contributed by atoms with van der Waals surface area (Å²) in [5.74, 6) is -0.167. The number of carbonyl (C=O) groups is 1. The highest BCUT2D eigenvalue weighted by Gasteiger charge is 2.30. The molecule has 1 heterocycles. The lowest BCUT2D eigenvalue weighted by Crippen LogP contribution is -2.33. The molecule has 0 aromatic rings. The monoisotopic (exact) mass is 214 g/mol. The molecule has 0 radical (unpaired) electrons. The van der Waals surface area contributed by atoms with Gasteiger partial charge in [-0.05, 0) is 19.3 Å². The fourth-order valence-corrected chi connectivity index (χ4v) is 3.24. The van der Waals surface area contributed by atoms with Crippen molar-refractivity contribution in [2.45, 2.75) is 49.7 Å². The van der Waals surface area contributed by atoms with E-state index in [2.05, 4.69) is 13.5 Å². The number of thioether (sulfide) groups is 1. The maximum absolute atomic E-state index is 10.9. The topological polar surface area (TPSA) is 26.3 Å². The van der Waals surface area contributed by atoms with Gasteiger partial charge in [0, 0.05) is 17.4 Å². The van der Waals surface area contributed by atoms with Crippen LogP contribution in [0.3, 0.4) is 0 Å². The van der Waals surface area contributed by atoms with Crippen LogP contribution in [0.15, 0.2) is 12.7 Å². The SMILES string of the molecule is C=CCC1S[C@@H](C)CCC1OC(C)=O. The van der Waals surface area contributed by atoms with Gasteiger partial charge in [-0.3, -0.25) is 4.79 Å². The average Bonchev–Trinajstić information content (AvgIpc) is 2.09. The van der Waals surface area contributed by atoms with Crippen LogP contribution in [0.1, 0.15) is 33.1 Å². The van der Waals surface area contributed by atoms with Gasteiger partial charge in [-0.25, -0.2) is 0 Å². The molecule has 1 fully saturated rings. The fourth-order valence-electron chi connectivity index (χ4n) is 1.76. The highest BCUT2D eigenvalue weighted by molar-refractivity contribution is 8.00. The lowest BCUT2D eigenvalue weighted by atomic mass is 10.1. The summed E-state index contributed by atoms with van der Waals surface area (Å²) in [5.41, 5.74) is 0. The molecule has 0 N–H and O–H groups in total. The second kappa shape index (κ2) is 5.44. The Kier molecular flexibility index (Phi) is 4.52. The predicted octanol–water partition coefficient (Wildman–Crippen LogP) is 2.78. The second-order valence-electron chi connectivity index (χ2n) is 3.73. The van der Waals surface area contributed by atoms with Crippen LogP contribution < -0.4 is 0 Å². The van der Waals surface area contributed by atoms with Crippen molar-refractivity contribution in [2.24, 2.45) is 0 Å².